The van der Waals surface area contributed by atoms with Crippen LogP contribution in [0.25, 0.3) is 5.57 Å². The van der Waals surface area contributed by atoms with Crippen LogP contribution in [0.1, 0.15) is 136 Å². The fraction of sp³-hybridized carbons (Fsp3) is 0.647. The molecule has 0 aromatic carbocycles. The van der Waals surface area contributed by atoms with Crippen LogP contribution in [-0.2, 0) is 11.2 Å². The van der Waals surface area contributed by atoms with Crippen molar-refractivity contribution in [1.82, 2.24) is 0 Å². The zero-order chi connectivity index (χ0) is 31.6. The van der Waals surface area contributed by atoms with Gasteiger partial charge in [-0.15, -0.1) is 11.3 Å². The number of thiophene rings is 1. The van der Waals surface area contributed by atoms with Gasteiger partial charge in [0.05, 0.1) is 15.4 Å². The van der Waals surface area contributed by atoms with Gasteiger partial charge in [0.2, 0.25) is 0 Å². The van der Waals surface area contributed by atoms with Gasteiger partial charge in [-0.25, -0.2) is 0 Å². The predicted molar refractivity (Wildman–Crippen MR) is 178 cm³/mol. The Hall–Kier alpha value is -2.14. The number of nitrogens with two attached hydrogens (primary N) is 2. The third-order valence-corrected chi connectivity index (χ3v) is 6.52. The Labute approximate surface area is 246 Å². The molecule has 1 aliphatic rings. The van der Waals surface area contributed by atoms with Crippen molar-refractivity contribution in [3.8, 4) is 0 Å². The molecule has 1 saturated carbocycles. The molecule has 0 amide bonds. The van der Waals surface area contributed by atoms with Crippen LogP contribution >= 0.6 is 11.3 Å². The van der Waals surface area contributed by atoms with E-state index < -0.39 is 0 Å². The minimum absolute atomic E-state index is 0.343. The van der Waals surface area contributed by atoms with E-state index in [2.05, 4.69) is 62.0 Å². The summed E-state index contributed by atoms with van der Waals surface area (Å²) in [5.74, 6) is 1.53. The van der Waals surface area contributed by atoms with E-state index in [0.29, 0.717) is 44.7 Å². The molecule has 1 aliphatic carbocycles. The first kappa shape index (κ1) is 41.3. The molecular weight excluding hydrogens is 500 g/mol. The third kappa shape index (κ3) is 17.9. The molecule has 39 heavy (non-hydrogen) atoms. The summed E-state index contributed by atoms with van der Waals surface area (Å²) >= 11 is 1.41. The topological polar surface area (TPSA) is 86.2 Å². The lowest BCUT2D eigenvalue weighted by atomic mass is 9.88. The summed E-state index contributed by atoms with van der Waals surface area (Å²) in [6, 6.07) is 0. The summed E-state index contributed by atoms with van der Waals surface area (Å²) in [5.41, 5.74) is 15.6. The van der Waals surface area contributed by atoms with E-state index in [4.69, 9.17) is 11.5 Å². The number of Topliss-reactive ketones (excluding diaryl/α,β-unsaturated/α-hetero) is 1. The lowest BCUT2D eigenvalue weighted by Gasteiger charge is -2.17. The number of allylic oxidation sites excluding steroid dienone is 4. The van der Waals surface area contributed by atoms with Gasteiger partial charge in [0.25, 0.3) is 0 Å². The maximum atomic E-state index is 11.2. The summed E-state index contributed by atoms with van der Waals surface area (Å²) in [7, 11) is 0. The zero-order valence-corrected chi connectivity index (χ0v) is 28.7. The number of hydrogen-bond acceptors (Lipinski definition) is 5. The Balaban J connectivity index is -0.000000545. The monoisotopic (exact) mass is 562 g/mol. The van der Waals surface area contributed by atoms with Crippen LogP contribution < -0.4 is 11.5 Å². The number of carbonyl (C=O) groups excluding carboxylic acids is 2. The summed E-state index contributed by atoms with van der Waals surface area (Å²) < 4.78 is 0. The van der Waals surface area contributed by atoms with Crippen LogP contribution in [0.4, 0.5) is 5.69 Å². The largest absolute Gasteiger partial charge is 0.399 e. The number of anilines is 1. The molecule has 4 nitrogen and oxygen atoms in total. The van der Waals surface area contributed by atoms with Crippen LogP contribution in [0.5, 0.6) is 0 Å². The molecule has 2 unspecified atom stereocenters. The summed E-state index contributed by atoms with van der Waals surface area (Å²) in [6.45, 7) is 33.0. The summed E-state index contributed by atoms with van der Waals surface area (Å²) in [5, 5.41) is 0. The van der Waals surface area contributed by atoms with Crippen molar-refractivity contribution in [3.63, 3.8) is 0 Å². The minimum atomic E-state index is 0.343. The molecule has 0 spiro atoms. The maximum absolute atomic E-state index is 11.2. The van der Waals surface area contributed by atoms with E-state index in [1.54, 1.807) is 6.08 Å². The first-order valence-electron chi connectivity index (χ1n) is 14.7. The smallest absolute Gasteiger partial charge is 0.160 e. The Morgan fingerprint density at radius 3 is 1.85 bits per heavy atom. The SMILES string of the molecule is C=C(N)/C=C(\C=C/C)c1sc(C=O)c(CCC)c1N.CC.CC.CC(C)(C)C.CCC(=O)C1CC1C(C)(C)C. The second-order valence-electron chi connectivity index (χ2n) is 11.9. The van der Waals surface area contributed by atoms with E-state index in [0.717, 1.165) is 48.0 Å². The molecule has 1 aromatic heterocycles. The van der Waals surface area contributed by atoms with E-state index >= 15 is 0 Å². The Kier molecular flexibility index (Phi) is 22.0. The lowest BCUT2D eigenvalue weighted by Crippen LogP contribution is -2.12. The average Bonchev–Trinajstić information content (AvgIpc) is 3.61. The van der Waals surface area contributed by atoms with Crippen molar-refractivity contribution in [1.29, 1.82) is 0 Å². The standard InChI is InChI=1S/C15H20N2OS.C10H18O.C5H12.2C2H6/c1-4-6-11(8-10(3)16)15-14(17)12(7-5-2)13(9-18)19-15;1-5-9(11)7-6-8(7)10(2,3)4;1-5(2,3)4;2*1-2/h4,6,8-9H,3,5,7,16-17H2,1-2H3;7-8H,5-6H2,1-4H3;1-4H3;2*1-2H3/b6-4-,11-8+;;;;. The molecule has 226 valence electrons. The van der Waals surface area contributed by atoms with Crippen LogP contribution in [-0.4, -0.2) is 12.1 Å². The van der Waals surface area contributed by atoms with Crippen molar-refractivity contribution in [2.75, 3.05) is 5.73 Å². The summed E-state index contributed by atoms with van der Waals surface area (Å²) in [6.07, 6.45) is 10.1. The number of aldehydes is 1. The molecule has 0 bridgehead atoms. The van der Waals surface area contributed by atoms with E-state index in [1.807, 2.05) is 53.7 Å². The minimum Gasteiger partial charge on any atom is -0.399 e. The van der Waals surface area contributed by atoms with Crippen molar-refractivity contribution in [2.45, 2.75) is 123 Å². The molecule has 2 atom stereocenters. The van der Waals surface area contributed by atoms with Gasteiger partial charge in [0.1, 0.15) is 5.78 Å². The van der Waals surface area contributed by atoms with Crippen molar-refractivity contribution < 1.29 is 9.59 Å². The molecule has 2 rings (SSSR count). The first-order chi connectivity index (χ1) is 18.0. The quantitative estimate of drug-likeness (QED) is 0.244. The molecule has 1 heterocycles. The van der Waals surface area contributed by atoms with E-state index in [-0.39, 0.29) is 0 Å². The average molecular weight is 563 g/mol. The lowest BCUT2D eigenvalue weighted by molar-refractivity contribution is -0.120. The molecule has 4 N–H and O–H groups in total. The number of carbonyl (C=O) groups is 2. The molecule has 0 aliphatic heterocycles. The second kappa shape index (κ2) is 20.7. The van der Waals surface area contributed by atoms with Crippen LogP contribution in [0.15, 0.2) is 30.5 Å². The van der Waals surface area contributed by atoms with Gasteiger partial charge >= 0.3 is 0 Å². The van der Waals surface area contributed by atoms with Gasteiger partial charge in [0, 0.05) is 18.0 Å². The van der Waals surface area contributed by atoms with Gasteiger partial charge in [-0.2, -0.15) is 0 Å². The van der Waals surface area contributed by atoms with Crippen molar-refractivity contribution in [2.24, 2.45) is 28.4 Å². The highest BCUT2D eigenvalue weighted by Crippen LogP contribution is 2.51. The van der Waals surface area contributed by atoms with Crippen molar-refractivity contribution in [3.05, 3.63) is 45.8 Å². The number of hydrogen-bond donors (Lipinski definition) is 2. The molecule has 0 saturated heterocycles. The molecular formula is C34H62N2O2S. The van der Waals surface area contributed by atoms with Crippen LogP contribution in [0.3, 0.4) is 0 Å². The first-order valence-corrected chi connectivity index (χ1v) is 15.5. The Morgan fingerprint density at radius 2 is 1.54 bits per heavy atom. The molecule has 0 radical (unpaired) electrons. The van der Waals surface area contributed by atoms with E-state index in [1.165, 1.54) is 11.3 Å². The Morgan fingerprint density at radius 1 is 1.05 bits per heavy atom. The number of nitrogen functional groups attached to an aromatic ring is 1. The van der Waals surface area contributed by atoms with Gasteiger partial charge in [0.15, 0.2) is 6.29 Å². The normalized spacial score (nSPS) is 16.2. The van der Waals surface area contributed by atoms with Gasteiger partial charge < -0.3 is 11.5 Å². The van der Waals surface area contributed by atoms with Gasteiger partial charge in [-0.1, -0.05) is 115 Å². The molecule has 1 aromatic rings. The van der Waals surface area contributed by atoms with Crippen LogP contribution in [0.2, 0.25) is 0 Å². The van der Waals surface area contributed by atoms with E-state index in [9.17, 15) is 9.59 Å². The fourth-order valence-electron chi connectivity index (χ4n) is 3.65. The molecule has 1 fully saturated rings. The highest BCUT2D eigenvalue weighted by molar-refractivity contribution is 7.15. The third-order valence-electron chi connectivity index (χ3n) is 5.30. The van der Waals surface area contributed by atoms with Crippen LogP contribution in [0, 0.1) is 22.7 Å². The number of rotatable bonds is 8. The maximum Gasteiger partial charge on any atom is 0.160 e. The highest BCUT2D eigenvalue weighted by Gasteiger charge is 2.48. The number of ketones is 1. The Bertz CT molecular complexity index is 903. The molecule has 5 heteroatoms. The second-order valence-corrected chi connectivity index (χ2v) is 12.9. The fourth-order valence-corrected chi connectivity index (χ4v) is 4.73. The van der Waals surface area contributed by atoms with Crippen molar-refractivity contribution >= 4 is 34.7 Å². The van der Waals surface area contributed by atoms with Gasteiger partial charge in [-0.3, -0.25) is 9.59 Å². The zero-order valence-electron chi connectivity index (χ0n) is 27.9. The summed E-state index contributed by atoms with van der Waals surface area (Å²) in [4.78, 5) is 24.0. The van der Waals surface area contributed by atoms with Gasteiger partial charge in [-0.05, 0) is 53.7 Å². The highest BCUT2D eigenvalue weighted by atomic mass is 32.1. The predicted octanol–water partition coefficient (Wildman–Crippen LogP) is 10.3.